The molecule has 0 spiro atoms. The van der Waals surface area contributed by atoms with Gasteiger partial charge in [-0.1, -0.05) is 6.92 Å². The van der Waals surface area contributed by atoms with E-state index in [0.29, 0.717) is 17.6 Å². The molecule has 1 aromatic heterocycles. The van der Waals surface area contributed by atoms with Crippen molar-refractivity contribution in [3.63, 3.8) is 0 Å². The Morgan fingerprint density at radius 1 is 1.07 bits per heavy atom. The first-order chi connectivity index (χ1) is 13.7. The molecule has 1 N–H and O–H groups in total. The fourth-order valence-electron chi connectivity index (χ4n) is 5.02. The fourth-order valence-corrected chi connectivity index (χ4v) is 5.02. The van der Waals surface area contributed by atoms with Crippen LogP contribution in [0, 0.1) is 5.92 Å². The van der Waals surface area contributed by atoms with E-state index in [1.807, 2.05) is 17.0 Å². The van der Waals surface area contributed by atoms with Gasteiger partial charge >= 0.3 is 0 Å². The summed E-state index contributed by atoms with van der Waals surface area (Å²) in [6, 6.07) is 4.74. The van der Waals surface area contributed by atoms with Crippen LogP contribution >= 0.6 is 0 Å². The minimum absolute atomic E-state index is 0.117. The molecule has 2 atom stereocenters. The zero-order chi connectivity index (χ0) is 19.5. The molecule has 0 bridgehead atoms. The van der Waals surface area contributed by atoms with Gasteiger partial charge in [0.05, 0.1) is 12.2 Å². The lowest BCUT2D eigenvalue weighted by Gasteiger charge is -2.32. The highest BCUT2D eigenvalue weighted by atomic mass is 16.3. The summed E-state index contributed by atoms with van der Waals surface area (Å²) in [5.41, 5.74) is 0.703. The van der Waals surface area contributed by atoms with Crippen molar-refractivity contribution in [1.29, 1.82) is 0 Å². The molecule has 0 radical (unpaired) electrons. The van der Waals surface area contributed by atoms with Gasteiger partial charge in [0.15, 0.2) is 0 Å². The van der Waals surface area contributed by atoms with Crippen LogP contribution in [0.15, 0.2) is 18.3 Å². The van der Waals surface area contributed by atoms with Crippen LogP contribution in [0.1, 0.15) is 55.8 Å². The zero-order valence-corrected chi connectivity index (χ0v) is 17.1. The van der Waals surface area contributed by atoms with Crippen LogP contribution in [0.4, 0.5) is 5.82 Å². The molecule has 3 saturated heterocycles. The average molecular weight is 387 g/mol. The van der Waals surface area contributed by atoms with Crippen molar-refractivity contribution in [3.8, 4) is 0 Å². The van der Waals surface area contributed by atoms with Gasteiger partial charge in [-0.3, -0.25) is 9.69 Å². The van der Waals surface area contributed by atoms with E-state index in [2.05, 4.69) is 21.7 Å². The Morgan fingerprint density at radius 3 is 2.54 bits per heavy atom. The number of anilines is 1. The average Bonchev–Trinajstić information content (AvgIpc) is 3.38. The van der Waals surface area contributed by atoms with Crippen molar-refractivity contribution < 1.29 is 9.90 Å². The number of aliphatic hydroxyl groups excluding tert-OH is 1. The normalized spacial score (nSPS) is 26.9. The molecular formula is C22H34N4O2. The Balaban J connectivity index is 1.39. The number of aliphatic hydroxyl groups is 1. The van der Waals surface area contributed by atoms with Crippen LogP contribution in [-0.2, 0) is 0 Å². The molecule has 0 aromatic carbocycles. The highest BCUT2D eigenvalue weighted by Gasteiger charge is 2.32. The zero-order valence-electron chi connectivity index (χ0n) is 17.1. The van der Waals surface area contributed by atoms with Gasteiger partial charge in [0.2, 0.25) is 0 Å². The van der Waals surface area contributed by atoms with Crippen molar-refractivity contribution >= 4 is 11.7 Å². The number of nitrogens with zero attached hydrogens (tertiary/aromatic N) is 4. The van der Waals surface area contributed by atoms with E-state index in [1.165, 1.54) is 19.3 Å². The molecule has 1 amide bonds. The molecule has 3 aliphatic rings. The second-order valence-electron chi connectivity index (χ2n) is 8.84. The third-order valence-electron chi connectivity index (χ3n) is 6.89. The van der Waals surface area contributed by atoms with E-state index >= 15 is 0 Å². The van der Waals surface area contributed by atoms with E-state index in [1.54, 1.807) is 6.20 Å². The van der Waals surface area contributed by atoms with Crippen molar-refractivity contribution in [3.05, 3.63) is 23.9 Å². The molecule has 154 valence electrons. The first-order valence-electron chi connectivity index (χ1n) is 11.0. The lowest BCUT2D eigenvalue weighted by atomic mass is 9.99. The Morgan fingerprint density at radius 2 is 1.82 bits per heavy atom. The predicted octanol–water partition coefficient (Wildman–Crippen LogP) is 2.38. The van der Waals surface area contributed by atoms with Crippen LogP contribution in [0.3, 0.4) is 0 Å². The summed E-state index contributed by atoms with van der Waals surface area (Å²) in [5.74, 6) is 1.82. The molecule has 4 heterocycles. The van der Waals surface area contributed by atoms with Gasteiger partial charge in [-0.2, -0.15) is 0 Å². The Kier molecular flexibility index (Phi) is 6.16. The smallest absolute Gasteiger partial charge is 0.255 e. The van der Waals surface area contributed by atoms with Gasteiger partial charge in [-0.25, -0.2) is 4.98 Å². The third kappa shape index (κ3) is 4.18. The van der Waals surface area contributed by atoms with Gasteiger partial charge in [0.1, 0.15) is 5.82 Å². The number of aromatic nitrogens is 1. The summed E-state index contributed by atoms with van der Waals surface area (Å²) in [6.45, 7) is 7.35. The van der Waals surface area contributed by atoms with Gasteiger partial charge in [0.25, 0.3) is 5.91 Å². The van der Waals surface area contributed by atoms with Crippen molar-refractivity contribution in [2.45, 2.75) is 57.5 Å². The van der Waals surface area contributed by atoms with Crippen LogP contribution < -0.4 is 4.90 Å². The highest BCUT2D eigenvalue weighted by molar-refractivity contribution is 5.94. The van der Waals surface area contributed by atoms with Crippen molar-refractivity contribution in [2.75, 3.05) is 44.2 Å². The standard InChI is InChI=1S/C22H34N4O2/c1-17-8-12-24(13-9-17)22(28)18-6-7-21(23-14-18)26-11-3-4-19(26)15-25-10-2-5-20(25)16-27/h6-7,14,17,19-20,27H,2-5,8-13,15-16H2,1H3. The molecule has 6 nitrogen and oxygen atoms in total. The number of piperidine rings is 1. The third-order valence-corrected chi connectivity index (χ3v) is 6.89. The molecule has 1 aromatic rings. The van der Waals surface area contributed by atoms with E-state index in [4.69, 9.17) is 0 Å². The molecule has 2 unspecified atom stereocenters. The summed E-state index contributed by atoms with van der Waals surface area (Å²) in [7, 11) is 0. The first kappa shape index (κ1) is 19.6. The summed E-state index contributed by atoms with van der Waals surface area (Å²) >= 11 is 0. The van der Waals surface area contributed by atoms with E-state index in [0.717, 1.165) is 63.7 Å². The Bertz CT molecular complexity index is 657. The van der Waals surface area contributed by atoms with Crippen LogP contribution in [-0.4, -0.2) is 77.2 Å². The van der Waals surface area contributed by atoms with Crippen molar-refractivity contribution in [1.82, 2.24) is 14.8 Å². The van der Waals surface area contributed by atoms with E-state index in [9.17, 15) is 9.90 Å². The Labute approximate surface area is 168 Å². The summed E-state index contributed by atoms with van der Waals surface area (Å²) in [6.07, 6.45) is 8.59. The van der Waals surface area contributed by atoms with Gasteiger partial charge < -0.3 is 14.9 Å². The SMILES string of the molecule is CC1CCN(C(=O)c2ccc(N3CCCC3CN3CCCC3CO)nc2)CC1. The first-order valence-corrected chi connectivity index (χ1v) is 11.0. The largest absolute Gasteiger partial charge is 0.395 e. The number of pyridine rings is 1. The van der Waals surface area contributed by atoms with Crippen LogP contribution in [0.25, 0.3) is 0 Å². The maximum Gasteiger partial charge on any atom is 0.255 e. The number of hydrogen-bond acceptors (Lipinski definition) is 5. The summed E-state index contributed by atoms with van der Waals surface area (Å²) in [5, 5.41) is 9.59. The summed E-state index contributed by atoms with van der Waals surface area (Å²) < 4.78 is 0. The van der Waals surface area contributed by atoms with Crippen LogP contribution in [0.2, 0.25) is 0 Å². The number of rotatable bonds is 5. The number of carbonyl (C=O) groups excluding carboxylic acids is 1. The molecule has 0 aliphatic carbocycles. The maximum atomic E-state index is 12.7. The lowest BCUT2D eigenvalue weighted by molar-refractivity contribution is 0.0697. The maximum absolute atomic E-state index is 12.7. The fraction of sp³-hybridized carbons (Fsp3) is 0.727. The van der Waals surface area contributed by atoms with Crippen LogP contribution in [0.5, 0.6) is 0 Å². The number of likely N-dealkylation sites (tertiary alicyclic amines) is 2. The molecule has 3 fully saturated rings. The monoisotopic (exact) mass is 386 g/mol. The molecule has 4 rings (SSSR count). The highest BCUT2D eigenvalue weighted by Crippen LogP contribution is 2.27. The lowest BCUT2D eigenvalue weighted by Crippen LogP contribution is -2.43. The minimum atomic E-state index is 0.117. The van der Waals surface area contributed by atoms with Gasteiger partial charge in [0, 0.05) is 44.5 Å². The van der Waals surface area contributed by atoms with Gasteiger partial charge in [-0.05, 0) is 63.1 Å². The molecule has 28 heavy (non-hydrogen) atoms. The number of amides is 1. The summed E-state index contributed by atoms with van der Waals surface area (Å²) in [4.78, 5) is 24.2. The molecular weight excluding hydrogens is 352 g/mol. The molecule has 6 heteroatoms. The topological polar surface area (TPSA) is 59.9 Å². The molecule has 3 aliphatic heterocycles. The number of carbonyl (C=O) groups is 1. The van der Waals surface area contributed by atoms with E-state index in [-0.39, 0.29) is 12.5 Å². The quantitative estimate of drug-likeness (QED) is 0.842. The van der Waals surface area contributed by atoms with Crippen molar-refractivity contribution in [2.24, 2.45) is 5.92 Å². The predicted molar refractivity (Wildman–Crippen MR) is 111 cm³/mol. The second kappa shape index (κ2) is 8.78. The van der Waals surface area contributed by atoms with Gasteiger partial charge in [-0.15, -0.1) is 0 Å². The number of hydrogen-bond donors (Lipinski definition) is 1. The molecule has 0 saturated carbocycles. The second-order valence-corrected chi connectivity index (χ2v) is 8.84. The Hall–Kier alpha value is -1.66. The van der Waals surface area contributed by atoms with E-state index < -0.39 is 0 Å². The minimum Gasteiger partial charge on any atom is -0.395 e.